The lowest BCUT2D eigenvalue weighted by Gasteiger charge is -2.30. The van der Waals surface area contributed by atoms with E-state index in [2.05, 4.69) is 5.32 Å². The average molecular weight is 551 g/mol. The van der Waals surface area contributed by atoms with Crippen LogP contribution in [0.1, 0.15) is 27.2 Å². The molecule has 10 heteroatoms. The molecule has 1 aliphatic heterocycles. The predicted octanol–water partition coefficient (Wildman–Crippen LogP) is 5.16. The molecule has 1 amide bonds. The van der Waals surface area contributed by atoms with Gasteiger partial charge in [-0.2, -0.15) is 0 Å². The van der Waals surface area contributed by atoms with Gasteiger partial charge in [-0.05, 0) is 84.8 Å². The molecule has 196 valence electrons. The van der Waals surface area contributed by atoms with Crippen LogP contribution < -0.4 is 14.4 Å². The summed E-state index contributed by atoms with van der Waals surface area (Å²) in [5.41, 5.74) is 2.92. The highest BCUT2D eigenvalue weighted by Gasteiger charge is 2.29. The maximum absolute atomic E-state index is 13.4. The Labute approximate surface area is 224 Å². The first-order chi connectivity index (χ1) is 18.3. The maximum atomic E-state index is 13.4. The molecule has 3 aromatic carbocycles. The van der Waals surface area contributed by atoms with E-state index in [1.54, 1.807) is 37.3 Å². The Balaban J connectivity index is 1.25. The number of methoxy groups -OCH3 is 1. The second kappa shape index (κ2) is 10.5. The van der Waals surface area contributed by atoms with Crippen LogP contribution in [-0.4, -0.2) is 40.6 Å². The number of esters is 1. The second-order valence-corrected chi connectivity index (χ2v) is 11.9. The van der Waals surface area contributed by atoms with E-state index in [1.807, 2.05) is 30.3 Å². The van der Waals surface area contributed by atoms with Crippen LogP contribution in [0.5, 0.6) is 5.75 Å². The van der Waals surface area contributed by atoms with Gasteiger partial charge in [0.25, 0.3) is 15.9 Å². The molecule has 0 unspecified atom stereocenters. The smallest absolute Gasteiger partial charge is 0.348 e. The number of sulfonamides is 1. The summed E-state index contributed by atoms with van der Waals surface area (Å²) in [4.78, 5) is 25.0. The lowest BCUT2D eigenvalue weighted by molar-refractivity contribution is -0.118. The van der Waals surface area contributed by atoms with E-state index >= 15 is 0 Å². The number of anilines is 2. The number of rotatable bonds is 7. The Hall–Kier alpha value is -3.89. The Morgan fingerprint density at radius 3 is 2.66 bits per heavy atom. The van der Waals surface area contributed by atoms with Crippen LogP contribution in [0.3, 0.4) is 0 Å². The molecule has 5 rings (SSSR count). The third-order valence-electron chi connectivity index (χ3n) is 6.35. The van der Waals surface area contributed by atoms with Gasteiger partial charge in [0.2, 0.25) is 0 Å². The molecule has 2 heterocycles. The molecule has 4 aromatic rings. The van der Waals surface area contributed by atoms with Gasteiger partial charge in [-0.1, -0.05) is 18.2 Å². The van der Waals surface area contributed by atoms with Crippen molar-refractivity contribution in [1.29, 1.82) is 0 Å². The highest BCUT2D eigenvalue weighted by Crippen LogP contribution is 2.33. The zero-order valence-electron chi connectivity index (χ0n) is 20.9. The zero-order chi connectivity index (χ0) is 26.9. The SMILES string of the molecule is COC(=O)c1cc2cc(NC(=O)COc3ccc(S(=O)(=O)N4CCCc5ccccc54)cc3C)ccc2s1. The van der Waals surface area contributed by atoms with Crippen LogP contribution in [0, 0.1) is 6.92 Å². The summed E-state index contributed by atoms with van der Waals surface area (Å²) < 4.78 is 39.7. The summed E-state index contributed by atoms with van der Waals surface area (Å²) >= 11 is 1.32. The van der Waals surface area contributed by atoms with Crippen molar-refractivity contribution in [3.63, 3.8) is 0 Å². The average Bonchev–Trinajstić information content (AvgIpc) is 3.35. The Morgan fingerprint density at radius 1 is 1.05 bits per heavy atom. The number of carbonyl (C=O) groups excluding carboxylic acids is 2. The minimum absolute atomic E-state index is 0.180. The molecule has 8 nitrogen and oxygen atoms in total. The normalized spacial score (nSPS) is 13.2. The van der Waals surface area contributed by atoms with Gasteiger partial charge in [-0.3, -0.25) is 9.10 Å². The number of carbonyl (C=O) groups is 2. The Kier molecular flexibility index (Phi) is 7.09. The molecule has 1 aromatic heterocycles. The van der Waals surface area contributed by atoms with Gasteiger partial charge in [0.15, 0.2) is 6.61 Å². The van der Waals surface area contributed by atoms with E-state index in [0.29, 0.717) is 28.4 Å². The van der Waals surface area contributed by atoms with Gasteiger partial charge in [0.1, 0.15) is 10.6 Å². The third kappa shape index (κ3) is 5.09. The molecular formula is C28H26N2O6S2. The summed E-state index contributed by atoms with van der Waals surface area (Å²) in [6, 6.07) is 19.3. The molecule has 0 atom stereocenters. The highest BCUT2D eigenvalue weighted by molar-refractivity contribution is 7.92. The molecule has 0 bridgehead atoms. The van der Waals surface area contributed by atoms with Gasteiger partial charge in [-0.15, -0.1) is 11.3 Å². The summed E-state index contributed by atoms with van der Waals surface area (Å²) in [5, 5.41) is 3.60. The zero-order valence-corrected chi connectivity index (χ0v) is 22.5. The summed E-state index contributed by atoms with van der Waals surface area (Å²) in [7, 11) is -2.41. The van der Waals surface area contributed by atoms with Crippen molar-refractivity contribution in [3.05, 3.63) is 82.7 Å². The van der Waals surface area contributed by atoms with Crippen molar-refractivity contribution in [2.24, 2.45) is 0 Å². The second-order valence-electron chi connectivity index (χ2n) is 8.93. The molecule has 0 spiro atoms. The monoisotopic (exact) mass is 550 g/mol. The van der Waals surface area contributed by atoms with Gasteiger partial charge in [0, 0.05) is 16.9 Å². The van der Waals surface area contributed by atoms with E-state index in [-0.39, 0.29) is 17.4 Å². The number of nitrogens with zero attached hydrogens (tertiary/aromatic N) is 1. The van der Waals surface area contributed by atoms with E-state index in [0.717, 1.165) is 34.2 Å². The van der Waals surface area contributed by atoms with Crippen LogP contribution in [0.2, 0.25) is 0 Å². The molecule has 0 fully saturated rings. The molecule has 1 aliphatic rings. The maximum Gasteiger partial charge on any atom is 0.348 e. The van der Waals surface area contributed by atoms with Crippen LogP contribution in [0.15, 0.2) is 71.6 Å². The highest BCUT2D eigenvalue weighted by atomic mass is 32.2. The fourth-order valence-corrected chi connectivity index (χ4v) is 7.07. The minimum Gasteiger partial charge on any atom is -0.483 e. The van der Waals surface area contributed by atoms with Crippen LogP contribution in [-0.2, 0) is 26.0 Å². The Morgan fingerprint density at radius 2 is 1.87 bits per heavy atom. The van der Waals surface area contributed by atoms with Crippen LogP contribution in [0.4, 0.5) is 11.4 Å². The van der Waals surface area contributed by atoms with Crippen molar-refractivity contribution >= 4 is 54.7 Å². The topological polar surface area (TPSA) is 102 Å². The quantitative estimate of drug-likeness (QED) is 0.319. The first-order valence-corrected chi connectivity index (χ1v) is 14.3. The van der Waals surface area contributed by atoms with Crippen LogP contribution in [0.25, 0.3) is 10.1 Å². The number of para-hydroxylation sites is 1. The van der Waals surface area contributed by atoms with Crippen molar-refractivity contribution in [3.8, 4) is 5.75 Å². The first-order valence-electron chi connectivity index (χ1n) is 12.0. The standard InChI is InChI=1S/C28H26N2O6S2/c1-18-14-22(38(33,34)30-13-5-7-19-6-3-4-8-23(19)30)10-11-24(18)36-17-27(31)29-21-9-12-25-20(15-21)16-26(37-25)28(32)35-2/h3-4,6,8-12,14-16H,5,7,13,17H2,1-2H3,(H,29,31). The van der Waals surface area contributed by atoms with E-state index in [1.165, 1.54) is 28.8 Å². The lowest BCUT2D eigenvalue weighted by atomic mass is 10.0. The fraction of sp³-hybridized carbons (Fsp3) is 0.214. The largest absolute Gasteiger partial charge is 0.483 e. The van der Waals surface area contributed by atoms with Crippen molar-refractivity contribution in [2.75, 3.05) is 29.9 Å². The summed E-state index contributed by atoms with van der Waals surface area (Å²) in [6.45, 7) is 1.93. The van der Waals surface area contributed by atoms with E-state index < -0.39 is 16.0 Å². The molecule has 0 radical (unpaired) electrons. The van der Waals surface area contributed by atoms with Crippen molar-refractivity contribution < 1.29 is 27.5 Å². The lowest BCUT2D eigenvalue weighted by Crippen LogP contribution is -2.35. The van der Waals surface area contributed by atoms with Gasteiger partial charge >= 0.3 is 5.97 Å². The fourth-order valence-electron chi connectivity index (χ4n) is 4.48. The van der Waals surface area contributed by atoms with Crippen LogP contribution >= 0.6 is 11.3 Å². The summed E-state index contributed by atoms with van der Waals surface area (Å²) in [6.07, 6.45) is 1.61. The van der Waals surface area contributed by atoms with Gasteiger partial charge in [-0.25, -0.2) is 13.2 Å². The molecule has 0 aliphatic carbocycles. The molecule has 38 heavy (non-hydrogen) atoms. The third-order valence-corrected chi connectivity index (χ3v) is 9.25. The predicted molar refractivity (Wildman–Crippen MR) is 148 cm³/mol. The molecular weight excluding hydrogens is 524 g/mol. The molecule has 0 saturated carbocycles. The number of fused-ring (bicyclic) bond motifs is 2. The summed E-state index contributed by atoms with van der Waals surface area (Å²) in [5.74, 6) is -0.344. The van der Waals surface area contributed by atoms with Crippen molar-refractivity contribution in [2.45, 2.75) is 24.7 Å². The first kappa shape index (κ1) is 25.7. The number of amides is 1. The number of hydrogen-bond acceptors (Lipinski definition) is 7. The van der Waals surface area contributed by atoms with Crippen molar-refractivity contribution in [1.82, 2.24) is 0 Å². The number of thiophene rings is 1. The number of ether oxygens (including phenoxy) is 2. The number of nitrogens with one attached hydrogen (secondary N) is 1. The number of benzene rings is 3. The minimum atomic E-state index is -3.74. The van der Waals surface area contributed by atoms with Gasteiger partial charge < -0.3 is 14.8 Å². The molecule has 0 saturated heterocycles. The van der Waals surface area contributed by atoms with Gasteiger partial charge in [0.05, 0.1) is 17.7 Å². The molecule has 1 N–H and O–H groups in total. The van der Waals surface area contributed by atoms with E-state index in [9.17, 15) is 18.0 Å². The number of aryl methyl sites for hydroxylation is 2. The Bertz CT molecular complexity index is 1640. The number of hydrogen-bond donors (Lipinski definition) is 1. The van der Waals surface area contributed by atoms with E-state index in [4.69, 9.17) is 9.47 Å².